The van der Waals surface area contributed by atoms with Crippen molar-refractivity contribution in [3.05, 3.63) is 65.1 Å². The molecule has 1 aliphatic rings. The van der Waals surface area contributed by atoms with Crippen LogP contribution in [0.25, 0.3) is 5.65 Å². The highest BCUT2D eigenvalue weighted by Gasteiger charge is 2.40. The molecule has 3 heterocycles. The van der Waals surface area contributed by atoms with Gasteiger partial charge in [0.05, 0.1) is 5.69 Å². The molecule has 0 radical (unpaired) electrons. The second kappa shape index (κ2) is 6.17. The fraction of sp³-hybridized carbons (Fsp3) is 0.350. The fourth-order valence-corrected chi connectivity index (χ4v) is 3.49. The molecule has 4 rings (SSSR count). The number of hydrogen-bond acceptors (Lipinski definition) is 4. The van der Waals surface area contributed by atoms with Crippen LogP contribution in [-0.4, -0.2) is 27.2 Å². The Balaban J connectivity index is 1.90. The molecule has 3 aromatic rings. The number of benzene rings is 1. The molecule has 5 heteroatoms. The monoisotopic (exact) mass is 338 g/mol. The highest BCUT2D eigenvalue weighted by Crippen LogP contribution is 2.44. The number of nitrogens with zero attached hydrogens (tertiary/aromatic N) is 2. The van der Waals surface area contributed by atoms with E-state index in [0.717, 1.165) is 28.2 Å². The maximum Gasteiger partial charge on any atom is 0.180 e. The van der Waals surface area contributed by atoms with Gasteiger partial charge in [0.15, 0.2) is 17.5 Å². The number of aromatic nitrogens is 2. The van der Waals surface area contributed by atoms with E-state index < -0.39 is 18.3 Å². The van der Waals surface area contributed by atoms with Gasteiger partial charge in [0.25, 0.3) is 0 Å². The number of hydrogen-bond donors (Lipinski definition) is 1. The maximum absolute atomic E-state index is 10.9. The maximum atomic E-state index is 10.9. The van der Waals surface area contributed by atoms with Gasteiger partial charge in [-0.05, 0) is 32.4 Å². The molecule has 0 aliphatic carbocycles. The van der Waals surface area contributed by atoms with E-state index in [2.05, 4.69) is 4.98 Å². The number of fused-ring (bicyclic) bond motifs is 3. The summed E-state index contributed by atoms with van der Waals surface area (Å²) in [6.07, 6.45) is 0.249. The van der Waals surface area contributed by atoms with Crippen LogP contribution in [0.3, 0.4) is 0 Å². The van der Waals surface area contributed by atoms with E-state index >= 15 is 0 Å². The van der Waals surface area contributed by atoms with Crippen molar-refractivity contribution in [2.75, 3.05) is 6.61 Å². The number of pyridine rings is 1. The Kier molecular flexibility index (Phi) is 3.98. The van der Waals surface area contributed by atoms with Gasteiger partial charge in [0.1, 0.15) is 12.2 Å². The molecule has 0 amide bonds. The van der Waals surface area contributed by atoms with E-state index in [1.54, 1.807) is 0 Å². The summed E-state index contributed by atoms with van der Waals surface area (Å²) in [5.74, 6) is 0.691. The molecule has 0 saturated carbocycles. The summed E-state index contributed by atoms with van der Waals surface area (Å²) in [6.45, 7) is 6.47. The summed E-state index contributed by atoms with van der Waals surface area (Å²) in [6, 6.07) is 11.7. The summed E-state index contributed by atoms with van der Waals surface area (Å²) in [5.41, 5.74) is 4.58. The number of aliphatic hydroxyl groups is 1. The lowest BCUT2D eigenvalue weighted by Crippen LogP contribution is -2.36. The molecule has 25 heavy (non-hydrogen) atoms. The van der Waals surface area contributed by atoms with Gasteiger partial charge in [0, 0.05) is 24.1 Å². The minimum absolute atomic E-state index is 0.443. The first-order valence-electron chi connectivity index (χ1n) is 8.61. The third-order valence-electron chi connectivity index (χ3n) is 4.90. The number of ether oxygens (including phenoxy) is 2. The normalized spacial score (nSPS) is 22.6. The molecule has 1 aromatic carbocycles. The molecule has 2 aromatic heterocycles. The predicted molar refractivity (Wildman–Crippen MR) is 94.9 cm³/mol. The molecule has 0 unspecified atom stereocenters. The summed E-state index contributed by atoms with van der Waals surface area (Å²) < 4.78 is 14.2. The Bertz CT molecular complexity index is 904. The molecular weight excluding hydrogens is 316 g/mol. The van der Waals surface area contributed by atoms with Gasteiger partial charge in [-0.15, -0.1) is 0 Å². The van der Waals surface area contributed by atoms with Crippen molar-refractivity contribution in [2.24, 2.45) is 0 Å². The van der Waals surface area contributed by atoms with E-state index in [0.29, 0.717) is 12.4 Å². The lowest BCUT2D eigenvalue weighted by molar-refractivity contribution is -0.0987. The molecule has 1 aliphatic heterocycles. The van der Waals surface area contributed by atoms with E-state index in [1.165, 1.54) is 0 Å². The van der Waals surface area contributed by atoms with Crippen LogP contribution in [0.4, 0.5) is 0 Å². The average molecular weight is 338 g/mol. The van der Waals surface area contributed by atoms with Crippen LogP contribution in [0.1, 0.15) is 41.6 Å². The first-order chi connectivity index (χ1) is 12.1. The standard InChI is InChI=1S/C20H22N2O3/c1-4-24-18-15-10-11-22-13(3)12(2)21-20(22)19(15)25-17(16(18)23)14-8-6-5-7-9-14/h5-11,16-18,23H,4H2,1-3H3/t16-,17+,18-/m0/s1. The van der Waals surface area contributed by atoms with Crippen molar-refractivity contribution >= 4 is 5.65 Å². The second-order valence-corrected chi connectivity index (χ2v) is 6.39. The minimum atomic E-state index is -0.783. The van der Waals surface area contributed by atoms with Gasteiger partial charge < -0.3 is 19.0 Å². The zero-order valence-corrected chi connectivity index (χ0v) is 14.6. The van der Waals surface area contributed by atoms with Gasteiger partial charge in [0.2, 0.25) is 0 Å². The third-order valence-corrected chi connectivity index (χ3v) is 4.90. The van der Waals surface area contributed by atoms with Crippen LogP contribution in [0.2, 0.25) is 0 Å². The Hall–Kier alpha value is -2.37. The zero-order chi connectivity index (χ0) is 17.6. The summed E-state index contributed by atoms with van der Waals surface area (Å²) in [7, 11) is 0. The Morgan fingerprint density at radius 3 is 2.68 bits per heavy atom. The van der Waals surface area contributed by atoms with Crippen molar-refractivity contribution in [3.63, 3.8) is 0 Å². The SMILES string of the molecule is CCO[C@H]1c2ccn3c(C)c(C)nc3c2O[C@H](c2ccccc2)[C@@H]1O. The molecule has 0 spiro atoms. The molecule has 0 bridgehead atoms. The summed E-state index contributed by atoms with van der Waals surface area (Å²) >= 11 is 0. The quantitative estimate of drug-likeness (QED) is 0.794. The van der Waals surface area contributed by atoms with Crippen LogP contribution in [-0.2, 0) is 4.74 Å². The van der Waals surface area contributed by atoms with Crippen molar-refractivity contribution in [1.82, 2.24) is 9.38 Å². The van der Waals surface area contributed by atoms with Gasteiger partial charge in [-0.1, -0.05) is 30.3 Å². The largest absolute Gasteiger partial charge is 0.479 e. The Morgan fingerprint density at radius 2 is 1.96 bits per heavy atom. The number of aryl methyl sites for hydroxylation is 2. The average Bonchev–Trinajstić information content (AvgIpc) is 2.92. The van der Waals surface area contributed by atoms with Gasteiger partial charge in [-0.2, -0.15) is 0 Å². The molecule has 0 saturated heterocycles. The van der Waals surface area contributed by atoms with Crippen LogP contribution in [0.15, 0.2) is 42.6 Å². The molecule has 3 atom stereocenters. The van der Waals surface area contributed by atoms with Crippen LogP contribution >= 0.6 is 0 Å². The van der Waals surface area contributed by atoms with Crippen molar-refractivity contribution in [3.8, 4) is 5.75 Å². The lowest BCUT2D eigenvalue weighted by atomic mass is 9.92. The fourth-order valence-electron chi connectivity index (χ4n) is 3.49. The van der Waals surface area contributed by atoms with Crippen molar-refractivity contribution in [1.29, 1.82) is 0 Å². The smallest absolute Gasteiger partial charge is 0.180 e. The zero-order valence-electron chi connectivity index (χ0n) is 14.6. The molecule has 1 N–H and O–H groups in total. The second-order valence-electron chi connectivity index (χ2n) is 6.39. The molecule has 0 fully saturated rings. The highest BCUT2D eigenvalue weighted by atomic mass is 16.5. The minimum Gasteiger partial charge on any atom is -0.479 e. The molecule has 5 nitrogen and oxygen atoms in total. The van der Waals surface area contributed by atoms with E-state index in [-0.39, 0.29) is 0 Å². The molecular formula is C20H22N2O3. The van der Waals surface area contributed by atoms with Gasteiger partial charge in [-0.3, -0.25) is 0 Å². The molecule has 130 valence electrons. The number of imidazole rings is 1. The Labute approximate surface area is 146 Å². The number of rotatable bonds is 3. The number of aliphatic hydroxyl groups excluding tert-OH is 1. The highest BCUT2D eigenvalue weighted by molar-refractivity contribution is 5.62. The van der Waals surface area contributed by atoms with Crippen LogP contribution < -0.4 is 4.74 Å². The first-order valence-corrected chi connectivity index (χ1v) is 8.61. The van der Waals surface area contributed by atoms with Crippen LogP contribution in [0, 0.1) is 13.8 Å². The van der Waals surface area contributed by atoms with Crippen molar-refractivity contribution < 1.29 is 14.6 Å². The predicted octanol–water partition coefficient (Wildman–Crippen LogP) is 3.52. The first kappa shape index (κ1) is 16.1. The van der Waals surface area contributed by atoms with Gasteiger partial charge >= 0.3 is 0 Å². The van der Waals surface area contributed by atoms with Crippen molar-refractivity contribution in [2.45, 2.75) is 39.1 Å². The topological polar surface area (TPSA) is 56.0 Å². The third kappa shape index (κ3) is 2.51. The van der Waals surface area contributed by atoms with E-state index in [4.69, 9.17) is 9.47 Å². The lowest BCUT2D eigenvalue weighted by Gasteiger charge is -2.36. The van der Waals surface area contributed by atoms with E-state index in [9.17, 15) is 5.11 Å². The Morgan fingerprint density at radius 1 is 1.20 bits per heavy atom. The summed E-state index contributed by atoms with van der Waals surface area (Å²) in [4.78, 5) is 4.67. The summed E-state index contributed by atoms with van der Waals surface area (Å²) in [5, 5.41) is 10.9. The van der Waals surface area contributed by atoms with E-state index in [1.807, 2.05) is 67.8 Å². The van der Waals surface area contributed by atoms with Crippen LogP contribution in [0.5, 0.6) is 5.75 Å². The van der Waals surface area contributed by atoms with Gasteiger partial charge in [-0.25, -0.2) is 4.98 Å².